The molecule has 1 heterocycles. The molecule has 0 aromatic carbocycles. The summed E-state index contributed by atoms with van der Waals surface area (Å²) in [6.45, 7) is 3.86. The van der Waals surface area contributed by atoms with E-state index in [1.165, 1.54) is 14.2 Å². The minimum Gasteiger partial charge on any atom is -0.506 e. The van der Waals surface area contributed by atoms with Crippen molar-refractivity contribution >= 4 is 11.9 Å². The highest BCUT2D eigenvalue weighted by Gasteiger charge is 2.27. The van der Waals surface area contributed by atoms with E-state index in [1.807, 2.05) is 13.8 Å². The zero-order valence-corrected chi connectivity index (χ0v) is 13.1. The molecule has 0 bridgehead atoms. The van der Waals surface area contributed by atoms with Gasteiger partial charge >= 0.3 is 11.9 Å². The average Bonchev–Trinajstić information content (AvgIpc) is 2.45. The first-order valence-electron chi connectivity index (χ1n) is 6.91. The van der Waals surface area contributed by atoms with E-state index in [0.29, 0.717) is 6.42 Å². The molecule has 2 N–H and O–H groups in total. The van der Waals surface area contributed by atoms with Crippen LogP contribution in [-0.2, 0) is 14.3 Å². The van der Waals surface area contributed by atoms with Crippen LogP contribution in [-0.4, -0.2) is 36.2 Å². The van der Waals surface area contributed by atoms with Crippen molar-refractivity contribution in [2.45, 2.75) is 32.6 Å². The zero-order chi connectivity index (χ0) is 16.9. The Bertz CT molecular complexity index is 605. The third kappa shape index (κ3) is 4.09. The van der Waals surface area contributed by atoms with Crippen LogP contribution in [0.5, 0.6) is 5.75 Å². The minimum atomic E-state index is -0.767. The van der Waals surface area contributed by atoms with E-state index >= 15 is 0 Å². The second-order valence-corrected chi connectivity index (χ2v) is 5.39. The molecule has 1 aromatic heterocycles. The van der Waals surface area contributed by atoms with Gasteiger partial charge in [-0.15, -0.1) is 0 Å². The van der Waals surface area contributed by atoms with Crippen molar-refractivity contribution in [2.75, 3.05) is 14.2 Å². The smallest absolute Gasteiger partial charge is 0.343 e. The number of nitrogens with one attached hydrogen (secondary N) is 1. The highest BCUT2D eigenvalue weighted by molar-refractivity contribution is 5.92. The number of carbonyl (C=O) groups is 2. The number of esters is 2. The van der Waals surface area contributed by atoms with Crippen LogP contribution in [0.15, 0.2) is 11.0 Å². The Balaban J connectivity index is 3.36. The van der Waals surface area contributed by atoms with Crippen LogP contribution in [0.25, 0.3) is 0 Å². The van der Waals surface area contributed by atoms with Gasteiger partial charge in [0.05, 0.1) is 26.2 Å². The van der Waals surface area contributed by atoms with Gasteiger partial charge < -0.3 is 19.6 Å². The highest BCUT2D eigenvalue weighted by Crippen LogP contribution is 2.33. The summed E-state index contributed by atoms with van der Waals surface area (Å²) in [7, 11) is 2.43. The monoisotopic (exact) mass is 311 g/mol. The number of carbonyl (C=O) groups excluding carboxylic acids is 2. The fourth-order valence-corrected chi connectivity index (χ4v) is 2.34. The van der Waals surface area contributed by atoms with Crippen LogP contribution in [0.1, 0.15) is 48.5 Å². The summed E-state index contributed by atoms with van der Waals surface area (Å²) in [6.07, 6.45) is 1.52. The molecule has 0 spiro atoms. The number of rotatable bonds is 6. The van der Waals surface area contributed by atoms with Crippen molar-refractivity contribution in [1.29, 1.82) is 0 Å². The largest absolute Gasteiger partial charge is 0.506 e. The number of aromatic nitrogens is 1. The Hall–Kier alpha value is -2.31. The Kier molecular flexibility index (Phi) is 6.15. The minimum absolute atomic E-state index is 0.00185. The molecule has 1 atom stereocenters. The molecule has 0 radical (unpaired) electrons. The van der Waals surface area contributed by atoms with E-state index in [2.05, 4.69) is 14.5 Å². The molecule has 7 heteroatoms. The number of aromatic amines is 1. The third-order valence-electron chi connectivity index (χ3n) is 3.31. The van der Waals surface area contributed by atoms with Crippen LogP contribution < -0.4 is 5.56 Å². The van der Waals surface area contributed by atoms with Crippen molar-refractivity contribution in [1.82, 2.24) is 4.98 Å². The Morgan fingerprint density at radius 2 is 1.91 bits per heavy atom. The normalized spacial score (nSPS) is 12.0. The number of aromatic hydroxyl groups is 1. The molecule has 0 aliphatic rings. The molecule has 1 rings (SSSR count). The lowest BCUT2D eigenvalue weighted by molar-refractivity contribution is -0.141. The summed E-state index contributed by atoms with van der Waals surface area (Å²) in [6, 6.07) is 0. The van der Waals surface area contributed by atoms with Crippen molar-refractivity contribution < 1.29 is 24.2 Å². The molecule has 0 saturated heterocycles. The molecule has 0 unspecified atom stereocenters. The SMILES string of the molecule is COC(=O)C[C@H](CC(C)C)c1c(O)c(C(=O)OC)c[nH]c1=O. The van der Waals surface area contributed by atoms with Crippen LogP contribution in [0.2, 0.25) is 0 Å². The van der Waals surface area contributed by atoms with Crippen LogP contribution in [0.4, 0.5) is 0 Å². The molecule has 122 valence electrons. The molecular weight excluding hydrogens is 290 g/mol. The van der Waals surface area contributed by atoms with E-state index in [1.54, 1.807) is 0 Å². The molecule has 0 aliphatic heterocycles. The standard InChI is InChI=1S/C15H21NO6/c1-8(2)5-9(6-11(17)21-3)12-13(18)10(15(20)22-4)7-16-14(12)19/h7-9H,5-6H2,1-4H3,(H2,16,18,19)/t9-/m0/s1. The molecular formula is C15H21NO6. The van der Waals surface area contributed by atoms with E-state index < -0.39 is 29.2 Å². The quantitative estimate of drug-likeness (QED) is 0.772. The van der Waals surface area contributed by atoms with Crippen molar-refractivity contribution in [3.05, 3.63) is 27.7 Å². The Morgan fingerprint density at radius 1 is 1.27 bits per heavy atom. The van der Waals surface area contributed by atoms with Gasteiger partial charge in [-0.3, -0.25) is 9.59 Å². The number of hydrogen-bond acceptors (Lipinski definition) is 6. The maximum atomic E-state index is 12.1. The molecule has 0 aliphatic carbocycles. The first kappa shape index (κ1) is 17.7. The van der Waals surface area contributed by atoms with E-state index in [-0.39, 0.29) is 23.5 Å². The van der Waals surface area contributed by atoms with E-state index in [0.717, 1.165) is 6.20 Å². The van der Waals surface area contributed by atoms with E-state index in [4.69, 9.17) is 0 Å². The lowest BCUT2D eigenvalue weighted by Gasteiger charge is -2.19. The summed E-state index contributed by atoms with van der Waals surface area (Å²) in [4.78, 5) is 37.7. The van der Waals surface area contributed by atoms with Gasteiger partial charge in [0.2, 0.25) is 0 Å². The lowest BCUT2D eigenvalue weighted by Crippen LogP contribution is -2.22. The van der Waals surface area contributed by atoms with Crippen LogP contribution in [0.3, 0.4) is 0 Å². The van der Waals surface area contributed by atoms with E-state index in [9.17, 15) is 19.5 Å². The van der Waals surface area contributed by atoms with Crippen LogP contribution >= 0.6 is 0 Å². The van der Waals surface area contributed by atoms with Crippen molar-refractivity contribution in [3.8, 4) is 5.75 Å². The molecule has 22 heavy (non-hydrogen) atoms. The second kappa shape index (κ2) is 7.63. The number of ether oxygens (including phenoxy) is 2. The molecule has 0 fully saturated rings. The summed E-state index contributed by atoms with van der Waals surface area (Å²) in [5, 5.41) is 10.3. The first-order chi connectivity index (χ1) is 10.3. The summed E-state index contributed by atoms with van der Waals surface area (Å²) in [5.74, 6) is -2.09. The van der Waals surface area contributed by atoms with Gasteiger partial charge in [-0.05, 0) is 12.3 Å². The summed E-state index contributed by atoms with van der Waals surface area (Å²) < 4.78 is 9.20. The predicted molar refractivity (Wildman–Crippen MR) is 78.9 cm³/mol. The lowest BCUT2D eigenvalue weighted by atomic mass is 9.87. The number of H-pyrrole nitrogens is 1. The van der Waals surface area contributed by atoms with Gasteiger partial charge in [0.15, 0.2) is 0 Å². The van der Waals surface area contributed by atoms with Gasteiger partial charge in [0.25, 0.3) is 5.56 Å². The average molecular weight is 311 g/mol. The first-order valence-corrected chi connectivity index (χ1v) is 6.91. The molecule has 0 amide bonds. The van der Waals surface area contributed by atoms with Crippen molar-refractivity contribution in [3.63, 3.8) is 0 Å². The fourth-order valence-electron chi connectivity index (χ4n) is 2.34. The zero-order valence-electron chi connectivity index (χ0n) is 13.1. The predicted octanol–water partition coefficient (Wildman–Crippen LogP) is 1.56. The molecule has 1 aromatic rings. The third-order valence-corrected chi connectivity index (χ3v) is 3.31. The summed E-state index contributed by atoms with van der Waals surface area (Å²) >= 11 is 0. The van der Waals surface area contributed by atoms with Gasteiger partial charge in [-0.25, -0.2) is 4.79 Å². The number of methoxy groups -OCH3 is 2. The van der Waals surface area contributed by atoms with Gasteiger partial charge in [0, 0.05) is 12.1 Å². The fraction of sp³-hybridized carbons (Fsp3) is 0.533. The van der Waals surface area contributed by atoms with Crippen molar-refractivity contribution in [2.24, 2.45) is 5.92 Å². The maximum absolute atomic E-state index is 12.1. The van der Waals surface area contributed by atoms with Crippen LogP contribution in [0, 0.1) is 5.92 Å². The Labute approximate surface area is 128 Å². The second-order valence-electron chi connectivity index (χ2n) is 5.39. The highest BCUT2D eigenvalue weighted by atomic mass is 16.5. The molecule has 0 saturated carbocycles. The topological polar surface area (TPSA) is 106 Å². The molecule has 7 nitrogen and oxygen atoms in total. The summed E-state index contributed by atoms with van der Waals surface area (Å²) in [5.41, 5.74) is -0.683. The van der Waals surface area contributed by atoms with Gasteiger partial charge in [-0.2, -0.15) is 0 Å². The maximum Gasteiger partial charge on any atom is 0.343 e. The van der Waals surface area contributed by atoms with Gasteiger partial charge in [0.1, 0.15) is 11.3 Å². The Morgan fingerprint density at radius 3 is 2.41 bits per heavy atom. The van der Waals surface area contributed by atoms with Gasteiger partial charge in [-0.1, -0.05) is 13.8 Å². The number of pyridine rings is 1. The number of hydrogen-bond donors (Lipinski definition) is 2.